The van der Waals surface area contributed by atoms with E-state index in [1.165, 1.54) is 36.4 Å². The molecule has 0 saturated heterocycles. The number of halogens is 3. The minimum atomic E-state index is -5.13. The molecule has 0 bridgehead atoms. The minimum Gasteiger partial charge on any atom is -0.322 e. The van der Waals surface area contributed by atoms with E-state index < -0.39 is 35.8 Å². The topological polar surface area (TPSA) is 95.6 Å². The first-order valence-corrected chi connectivity index (χ1v) is 10.5. The van der Waals surface area contributed by atoms with E-state index in [-0.39, 0.29) is 28.9 Å². The third-order valence-corrected chi connectivity index (χ3v) is 5.40. The molecular weight excluding hydrogens is 463 g/mol. The van der Waals surface area contributed by atoms with Crippen LogP contribution in [0, 0.1) is 0 Å². The van der Waals surface area contributed by atoms with Crippen molar-refractivity contribution in [3.05, 3.63) is 95.6 Å². The van der Waals surface area contributed by atoms with Crippen molar-refractivity contribution in [1.82, 2.24) is 4.90 Å². The molecular formula is C25H18F3N3O4. The maximum absolute atomic E-state index is 13.4. The molecule has 0 aliphatic carbocycles. The molecule has 0 aromatic heterocycles. The molecule has 2 N–H and O–H groups in total. The number of carbonyl (C=O) groups is 4. The zero-order valence-electron chi connectivity index (χ0n) is 18.0. The van der Waals surface area contributed by atoms with E-state index in [0.29, 0.717) is 5.56 Å². The first kappa shape index (κ1) is 23.7. The number of rotatable bonds is 6. The SMILES string of the molecule is O=C(Nc1ccccc1NC(=O)C(F)(F)F)C(Cc1ccccc1)N1C(=O)c2ccccc2C1=O. The number of hydrogen-bond donors (Lipinski definition) is 2. The second kappa shape index (κ2) is 9.41. The van der Waals surface area contributed by atoms with Crippen LogP contribution in [0.5, 0.6) is 0 Å². The molecule has 3 aromatic carbocycles. The van der Waals surface area contributed by atoms with Crippen LogP contribution in [0.3, 0.4) is 0 Å². The lowest BCUT2D eigenvalue weighted by atomic mass is 10.0. The van der Waals surface area contributed by atoms with E-state index >= 15 is 0 Å². The van der Waals surface area contributed by atoms with E-state index in [4.69, 9.17) is 0 Å². The molecule has 1 aliphatic rings. The van der Waals surface area contributed by atoms with Crippen LogP contribution in [-0.4, -0.2) is 40.7 Å². The number of fused-ring (bicyclic) bond motifs is 1. The smallest absolute Gasteiger partial charge is 0.322 e. The maximum atomic E-state index is 13.4. The van der Waals surface area contributed by atoms with E-state index in [2.05, 4.69) is 5.32 Å². The van der Waals surface area contributed by atoms with Gasteiger partial charge in [-0.1, -0.05) is 54.6 Å². The summed E-state index contributed by atoms with van der Waals surface area (Å²) < 4.78 is 38.2. The fourth-order valence-electron chi connectivity index (χ4n) is 3.74. The van der Waals surface area contributed by atoms with Gasteiger partial charge in [0.25, 0.3) is 11.8 Å². The third-order valence-electron chi connectivity index (χ3n) is 5.40. The van der Waals surface area contributed by atoms with Gasteiger partial charge in [0.15, 0.2) is 0 Å². The highest BCUT2D eigenvalue weighted by atomic mass is 19.4. The fourth-order valence-corrected chi connectivity index (χ4v) is 3.74. The molecule has 3 aromatic rings. The van der Waals surface area contributed by atoms with Crippen LogP contribution in [0.1, 0.15) is 26.3 Å². The molecule has 0 spiro atoms. The highest BCUT2D eigenvalue weighted by Crippen LogP contribution is 2.28. The van der Waals surface area contributed by atoms with Gasteiger partial charge in [0.05, 0.1) is 22.5 Å². The zero-order valence-corrected chi connectivity index (χ0v) is 18.0. The van der Waals surface area contributed by atoms with Gasteiger partial charge in [-0.05, 0) is 29.8 Å². The van der Waals surface area contributed by atoms with Crippen molar-refractivity contribution in [1.29, 1.82) is 0 Å². The summed E-state index contributed by atoms with van der Waals surface area (Å²) in [5, 5.41) is 4.18. The van der Waals surface area contributed by atoms with Crippen LogP contribution in [0.25, 0.3) is 0 Å². The van der Waals surface area contributed by atoms with Gasteiger partial charge in [0.1, 0.15) is 6.04 Å². The number of amides is 4. The van der Waals surface area contributed by atoms with Crippen molar-refractivity contribution in [2.45, 2.75) is 18.6 Å². The molecule has 4 amide bonds. The van der Waals surface area contributed by atoms with E-state index in [0.717, 1.165) is 4.90 Å². The Morgan fingerprint density at radius 2 is 1.23 bits per heavy atom. The Morgan fingerprint density at radius 3 is 1.77 bits per heavy atom. The van der Waals surface area contributed by atoms with Crippen LogP contribution in [0.4, 0.5) is 24.5 Å². The Bertz CT molecular complexity index is 1270. The van der Waals surface area contributed by atoms with Gasteiger partial charge in [-0.3, -0.25) is 24.1 Å². The number of anilines is 2. The molecule has 1 atom stereocenters. The number of nitrogens with zero attached hydrogens (tertiary/aromatic N) is 1. The Kier molecular flexibility index (Phi) is 6.37. The average molecular weight is 481 g/mol. The van der Waals surface area contributed by atoms with Gasteiger partial charge >= 0.3 is 12.1 Å². The second-order valence-corrected chi connectivity index (χ2v) is 7.72. The van der Waals surface area contributed by atoms with Gasteiger partial charge in [0, 0.05) is 6.42 Å². The molecule has 4 rings (SSSR count). The summed E-state index contributed by atoms with van der Waals surface area (Å²) in [7, 11) is 0. The van der Waals surface area contributed by atoms with Crippen molar-refractivity contribution in [3.8, 4) is 0 Å². The first-order chi connectivity index (χ1) is 16.7. The Balaban J connectivity index is 1.66. The van der Waals surface area contributed by atoms with Gasteiger partial charge in [0.2, 0.25) is 5.91 Å². The summed E-state index contributed by atoms with van der Waals surface area (Å²) in [5.74, 6) is -4.32. The first-order valence-electron chi connectivity index (χ1n) is 10.5. The molecule has 1 aliphatic heterocycles. The Labute approximate surface area is 197 Å². The highest BCUT2D eigenvalue weighted by Gasteiger charge is 2.43. The number of carbonyl (C=O) groups excluding carboxylic acids is 4. The quantitative estimate of drug-likeness (QED) is 0.520. The second-order valence-electron chi connectivity index (χ2n) is 7.72. The van der Waals surface area contributed by atoms with Crippen LogP contribution >= 0.6 is 0 Å². The van der Waals surface area contributed by atoms with Crippen molar-refractivity contribution in [2.24, 2.45) is 0 Å². The lowest BCUT2D eigenvalue weighted by molar-refractivity contribution is -0.167. The zero-order chi connectivity index (χ0) is 25.2. The predicted octanol–water partition coefficient (Wildman–Crippen LogP) is 4.03. The lowest BCUT2D eigenvalue weighted by Gasteiger charge is -2.26. The Morgan fingerprint density at radius 1 is 0.743 bits per heavy atom. The molecule has 178 valence electrons. The maximum Gasteiger partial charge on any atom is 0.471 e. The number of imide groups is 1. The van der Waals surface area contributed by atoms with Crippen LogP contribution in [0.15, 0.2) is 78.9 Å². The summed E-state index contributed by atoms with van der Waals surface area (Å²) in [6.45, 7) is 0. The largest absolute Gasteiger partial charge is 0.471 e. The number of alkyl halides is 3. The summed E-state index contributed by atoms with van der Waals surface area (Å²) in [5.41, 5.74) is 0.555. The van der Waals surface area contributed by atoms with Crippen LogP contribution < -0.4 is 10.6 Å². The van der Waals surface area contributed by atoms with Gasteiger partial charge < -0.3 is 10.6 Å². The normalized spacial score (nSPS) is 13.9. The van der Waals surface area contributed by atoms with E-state index in [9.17, 15) is 32.3 Å². The van der Waals surface area contributed by atoms with Crippen molar-refractivity contribution in [3.63, 3.8) is 0 Å². The molecule has 0 radical (unpaired) electrons. The highest BCUT2D eigenvalue weighted by molar-refractivity contribution is 6.23. The van der Waals surface area contributed by atoms with E-state index in [1.54, 1.807) is 47.8 Å². The fraction of sp³-hybridized carbons (Fsp3) is 0.120. The Hall–Kier alpha value is -4.47. The standard InChI is InChI=1S/C25H18F3N3O4/c26-25(27,28)24(35)30-19-13-7-6-12-18(19)29-21(32)20(14-15-8-2-1-3-9-15)31-22(33)16-10-4-5-11-17(16)23(31)34/h1-13,20H,14H2,(H,29,32)(H,30,35). The number of nitrogens with one attached hydrogen (secondary N) is 2. The monoisotopic (exact) mass is 481 g/mol. The predicted molar refractivity (Wildman–Crippen MR) is 121 cm³/mol. The molecule has 0 fully saturated rings. The molecule has 10 heteroatoms. The van der Waals surface area contributed by atoms with Crippen molar-refractivity contribution < 1.29 is 32.3 Å². The van der Waals surface area contributed by atoms with Crippen LogP contribution in [0.2, 0.25) is 0 Å². The molecule has 35 heavy (non-hydrogen) atoms. The van der Waals surface area contributed by atoms with Crippen LogP contribution in [-0.2, 0) is 16.0 Å². The molecule has 1 unspecified atom stereocenters. The summed E-state index contributed by atoms with van der Waals surface area (Å²) in [6.07, 6.45) is -5.16. The lowest BCUT2D eigenvalue weighted by Crippen LogP contribution is -2.48. The van der Waals surface area contributed by atoms with Gasteiger partial charge in [-0.2, -0.15) is 13.2 Å². The van der Waals surface area contributed by atoms with Crippen molar-refractivity contribution >= 4 is 35.0 Å². The summed E-state index contributed by atoms with van der Waals surface area (Å²) in [4.78, 5) is 51.8. The summed E-state index contributed by atoms with van der Waals surface area (Å²) in [6, 6.07) is 18.8. The molecule has 0 saturated carbocycles. The third kappa shape index (κ3) is 4.91. The average Bonchev–Trinajstić information content (AvgIpc) is 3.09. The van der Waals surface area contributed by atoms with Crippen molar-refractivity contribution in [2.75, 3.05) is 10.6 Å². The minimum absolute atomic E-state index is 0.0325. The van der Waals surface area contributed by atoms with E-state index in [1.807, 2.05) is 0 Å². The molecule has 7 nitrogen and oxygen atoms in total. The molecule has 1 heterocycles. The number of hydrogen-bond acceptors (Lipinski definition) is 4. The number of benzene rings is 3. The summed E-state index contributed by atoms with van der Waals surface area (Å²) >= 11 is 0. The van der Waals surface area contributed by atoms with Gasteiger partial charge in [-0.25, -0.2) is 0 Å². The van der Waals surface area contributed by atoms with Gasteiger partial charge in [-0.15, -0.1) is 0 Å². The number of para-hydroxylation sites is 2.